The van der Waals surface area contributed by atoms with Crippen LogP contribution in [0.15, 0.2) is 9.42 Å². The molecule has 0 unspecified atom stereocenters. The molecule has 0 spiro atoms. The third-order valence-electron chi connectivity index (χ3n) is 5.76. The first-order chi connectivity index (χ1) is 11.4. The molecule has 24 heavy (non-hydrogen) atoms. The first-order valence-electron chi connectivity index (χ1n) is 8.63. The third kappa shape index (κ3) is 2.69. The highest BCUT2D eigenvalue weighted by molar-refractivity contribution is 7.89. The van der Waals surface area contributed by atoms with Gasteiger partial charge in [0.15, 0.2) is 5.76 Å². The zero-order chi connectivity index (χ0) is 17.5. The number of aromatic nitrogens is 1. The van der Waals surface area contributed by atoms with Crippen LogP contribution in [-0.4, -0.2) is 66.7 Å². The fourth-order valence-electron chi connectivity index (χ4n) is 4.31. The predicted octanol–water partition coefficient (Wildman–Crippen LogP) is 1.15. The zero-order valence-corrected chi connectivity index (χ0v) is 15.5. The number of nitrogens with zero attached hydrogens (tertiary/aromatic N) is 3. The van der Waals surface area contributed by atoms with E-state index in [1.807, 2.05) is 0 Å². The van der Waals surface area contributed by atoms with E-state index in [1.165, 1.54) is 0 Å². The highest BCUT2D eigenvalue weighted by Gasteiger charge is 2.51. The number of hydrogen-bond donors (Lipinski definition) is 1. The summed E-state index contributed by atoms with van der Waals surface area (Å²) in [6, 6.07) is -0.205. The van der Waals surface area contributed by atoms with E-state index in [1.54, 1.807) is 18.2 Å². The van der Waals surface area contributed by atoms with Gasteiger partial charge in [0.1, 0.15) is 10.6 Å². The van der Waals surface area contributed by atoms with Crippen LogP contribution in [0.2, 0.25) is 0 Å². The van der Waals surface area contributed by atoms with Crippen LogP contribution in [0.3, 0.4) is 0 Å². The standard InChI is InChI=1S/C16H27N3O4S/c1-4-18-9-7-16(11-20)6-5-8-19(14(16)10-18)24(21,22)15-12(2)17-23-13(15)3/h14,20H,4-11H2,1-3H3/t14-,16-/m1/s1. The topological polar surface area (TPSA) is 86.9 Å². The molecular weight excluding hydrogens is 330 g/mol. The number of sulfonamides is 1. The summed E-state index contributed by atoms with van der Waals surface area (Å²) >= 11 is 0. The molecule has 0 bridgehead atoms. The van der Waals surface area contributed by atoms with E-state index in [0.29, 0.717) is 24.5 Å². The Balaban J connectivity index is 2.02. The van der Waals surface area contributed by atoms with Crippen LogP contribution >= 0.6 is 0 Å². The Morgan fingerprint density at radius 3 is 2.67 bits per heavy atom. The minimum atomic E-state index is -3.69. The molecule has 3 rings (SSSR count). The van der Waals surface area contributed by atoms with Gasteiger partial charge in [0.2, 0.25) is 10.0 Å². The van der Waals surface area contributed by atoms with Gasteiger partial charge < -0.3 is 14.5 Å². The Morgan fingerprint density at radius 1 is 1.33 bits per heavy atom. The molecule has 0 aliphatic carbocycles. The number of hydrogen-bond acceptors (Lipinski definition) is 6. The van der Waals surface area contributed by atoms with Gasteiger partial charge in [0.05, 0.1) is 6.61 Å². The van der Waals surface area contributed by atoms with Crippen molar-refractivity contribution in [1.29, 1.82) is 0 Å². The fourth-order valence-corrected chi connectivity index (χ4v) is 6.35. The van der Waals surface area contributed by atoms with Crippen molar-refractivity contribution in [2.24, 2.45) is 5.41 Å². The van der Waals surface area contributed by atoms with Crippen molar-refractivity contribution in [3.05, 3.63) is 11.5 Å². The van der Waals surface area contributed by atoms with Crippen LogP contribution in [0.1, 0.15) is 37.6 Å². The molecule has 1 aromatic rings. The van der Waals surface area contributed by atoms with Gasteiger partial charge in [-0.1, -0.05) is 12.1 Å². The molecule has 2 aliphatic rings. The molecule has 0 aromatic carbocycles. The Labute approximate surface area is 143 Å². The minimum Gasteiger partial charge on any atom is -0.396 e. The summed E-state index contributed by atoms with van der Waals surface area (Å²) in [6.07, 6.45) is 2.47. The zero-order valence-electron chi connectivity index (χ0n) is 14.7. The first-order valence-corrected chi connectivity index (χ1v) is 10.1. The first kappa shape index (κ1) is 17.8. The Morgan fingerprint density at radius 2 is 2.08 bits per heavy atom. The second-order valence-corrected chi connectivity index (χ2v) is 8.88. The maximum Gasteiger partial charge on any atom is 0.248 e. The van der Waals surface area contributed by atoms with E-state index in [4.69, 9.17) is 4.52 Å². The summed E-state index contributed by atoms with van der Waals surface area (Å²) in [5.41, 5.74) is 0.0616. The summed E-state index contributed by atoms with van der Waals surface area (Å²) in [4.78, 5) is 2.45. The second kappa shape index (κ2) is 6.40. The highest BCUT2D eigenvalue weighted by Crippen LogP contribution is 2.44. The molecule has 2 atom stereocenters. The third-order valence-corrected chi connectivity index (χ3v) is 7.91. The summed E-state index contributed by atoms with van der Waals surface area (Å²) in [5, 5.41) is 13.9. The van der Waals surface area contributed by atoms with Crippen molar-refractivity contribution < 1.29 is 18.0 Å². The molecule has 2 saturated heterocycles. The average Bonchev–Trinajstić information content (AvgIpc) is 2.92. The summed E-state index contributed by atoms with van der Waals surface area (Å²) in [6.45, 7) is 8.35. The van der Waals surface area contributed by atoms with E-state index in [9.17, 15) is 13.5 Å². The van der Waals surface area contributed by atoms with E-state index in [-0.39, 0.29) is 23.0 Å². The van der Waals surface area contributed by atoms with Crippen molar-refractivity contribution in [3.63, 3.8) is 0 Å². The number of aliphatic hydroxyl groups is 1. The van der Waals surface area contributed by atoms with Crippen LogP contribution in [0.5, 0.6) is 0 Å². The largest absolute Gasteiger partial charge is 0.396 e. The van der Waals surface area contributed by atoms with Gasteiger partial charge in [0.25, 0.3) is 0 Å². The lowest BCUT2D eigenvalue weighted by atomic mass is 9.70. The van der Waals surface area contributed by atoms with Gasteiger partial charge in [-0.2, -0.15) is 4.31 Å². The SMILES string of the molecule is CCN1CC[C@@]2(CO)CCCN(S(=O)(=O)c3c(C)noc3C)[C@@H]2C1. The van der Waals surface area contributed by atoms with Crippen LogP contribution in [0.4, 0.5) is 0 Å². The maximum absolute atomic E-state index is 13.3. The lowest BCUT2D eigenvalue weighted by molar-refractivity contribution is -0.0452. The molecule has 2 fully saturated rings. The minimum absolute atomic E-state index is 0.0306. The molecule has 2 aliphatic heterocycles. The molecule has 0 saturated carbocycles. The molecule has 136 valence electrons. The van der Waals surface area contributed by atoms with Crippen molar-refractivity contribution in [2.75, 3.05) is 32.8 Å². The Kier molecular flexibility index (Phi) is 4.76. The number of aryl methyl sites for hydroxylation is 2. The van der Waals surface area contributed by atoms with Gasteiger partial charge >= 0.3 is 0 Å². The monoisotopic (exact) mass is 357 g/mol. The van der Waals surface area contributed by atoms with Gasteiger partial charge in [-0.15, -0.1) is 0 Å². The van der Waals surface area contributed by atoms with Crippen LogP contribution in [0.25, 0.3) is 0 Å². The van der Waals surface area contributed by atoms with Gasteiger partial charge in [-0.25, -0.2) is 8.42 Å². The average molecular weight is 357 g/mol. The summed E-state index contributed by atoms with van der Waals surface area (Å²) < 4.78 is 33.3. The molecule has 1 N–H and O–H groups in total. The lowest BCUT2D eigenvalue weighted by Crippen LogP contribution is -2.63. The maximum atomic E-state index is 13.3. The van der Waals surface area contributed by atoms with E-state index in [2.05, 4.69) is 17.0 Å². The second-order valence-electron chi connectivity index (χ2n) is 7.05. The van der Waals surface area contributed by atoms with Crippen LogP contribution in [0, 0.1) is 19.3 Å². The van der Waals surface area contributed by atoms with Crippen molar-refractivity contribution >= 4 is 10.0 Å². The molecule has 0 amide bonds. The number of likely N-dealkylation sites (N-methyl/N-ethyl adjacent to an activating group) is 1. The smallest absolute Gasteiger partial charge is 0.248 e. The predicted molar refractivity (Wildman–Crippen MR) is 89.1 cm³/mol. The number of aliphatic hydroxyl groups excluding tert-OH is 1. The van der Waals surface area contributed by atoms with Crippen LogP contribution in [-0.2, 0) is 10.0 Å². The normalized spacial score (nSPS) is 29.6. The van der Waals surface area contributed by atoms with E-state index >= 15 is 0 Å². The van der Waals surface area contributed by atoms with Gasteiger partial charge in [0, 0.05) is 24.5 Å². The fraction of sp³-hybridized carbons (Fsp3) is 0.812. The number of fused-ring (bicyclic) bond motifs is 1. The van der Waals surface area contributed by atoms with Crippen LogP contribution < -0.4 is 0 Å². The van der Waals surface area contributed by atoms with Gasteiger partial charge in [-0.3, -0.25) is 0 Å². The Bertz CT molecular complexity index is 683. The van der Waals surface area contributed by atoms with E-state index in [0.717, 1.165) is 32.4 Å². The van der Waals surface area contributed by atoms with Crippen molar-refractivity contribution in [1.82, 2.24) is 14.4 Å². The molecule has 3 heterocycles. The van der Waals surface area contributed by atoms with Crippen molar-refractivity contribution in [3.8, 4) is 0 Å². The Hall–Kier alpha value is -0.960. The molecule has 7 nitrogen and oxygen atoms in total. The molecule has 1 aromatic heterocycles. The lowest BCUT2D eigenvalue weighted by Gasteiger charge is -2.53. The highest BCUT2D eigenvalue weighted by atomic mass is 32.2. The molecule has 0 radical (unpaired) electrons. The van der Waals surface area contributed by atoms with Crippen molar-refractivity contribution in [2.45, 2.75) is 51.0 Å². The number of piperidine rings is 2. The number of likely N-dealkylation sites (tertiary alicyclic amines) is 1. The van der Waals surface area contributed by atoms with Gasteiger partial charge in [-0.05, 0) is 46.2 Å². The quantitative estimate of drug-likeness (QED) is 0.870. The summed E-state index contributed by atoms with van der Waals surface area (Å²) in [7, 11) is -3.69. The molecule has 8 heteroatoms. The van der Waals surface area contributed by atoms with E-state index < -0.39 is 10.0 Å². The molecular formula is C16H27N3O4S. The number of rotatable bonds is 4. The summed E-state index contributed by atoms with van der Waals surface area (Å²) in [5.74, 6) is 0.329.